The molecular formula is C9H11BrFNO. The monoisotopic (exact) mass is 247 g/mol. The number of aliphatic hydroxyl groups excluding tert-OH is 1. The molecule has 0 saturated heterocycles. The van der Waals surface area contributed by atoms with E-state index in [1.54, 1.807) is 19.1 Å². The van der Waals surface area contributed by atoms with Crippen LogP contribution in [0.2, 0.25) is 0 Å². The second-order valence-corrected chi connectivity index (χ2v) is 3.79. The molecule has 0 aliphatic heterocycles. The molecule has 1 aromatic rings. The first-order valence-corrected chi connectivity index (χ1v) is 4.70. The number of rotatable bonds is 2. The van der Waals surface area contributed by atoms with Crippen molar-refractivity contribution in [2.45, 2.75) is 19.1 Å². The minimum atomic E-state index is -0.641. The van der Waals surface area contributed by atoms with E-state index in [1.807, 2.05) is 0 Å². The van der Waals surface area contributed by atoms with Crippen LogP contribution in [-0.2, 0) is 0 Å². The van der Waals surface area contributed by atoms with Gasteiger partial charge >= 0.3 is 0 Å². The summed E-state index contributed by atoms with van der Waals surface area (Å²) in [6.45, 7) is 1.60. The summed E-state index contributed by atoms with van der Waals surface area (Å²) in [6.07, 6.45) is -0.641. The van der Waals surface area contributed by atoms with Crippen molar-refractivity contribution in [2.24, 2.45) is 5.73 Å². The van der Waals surface area contributed by atoms with Gasteiger partial charge in [0.25, 0.3) is 0 Å². The van der Waals surface area contributed by atoms with E-state index < -0.39 is 12.1 Å². The normalized spacial score (nSPS) is 15.5. The Morgan fingerprint density at radius 2 is 2.15 bits per heavy atom. The lowest BCUT2D eigenvalue weighted by Gasteiger charge is -2.15. The lowest BCUT2D eigenvalue weighted by molar-refractivity contribution is 0.164. The topological polar surface area (TPSA) is 46.2 Å². The summed E-state index contributed by atoms with van der Waals surface area (Å²) >= 11 is 3.05. The van der Waals surface area contributed by atoms with Gasteiger partial charge < -0.3 is 10.8 Å². The number of hydrogen-bond acceptors (Lipinski definition) is 2. The van der Waals surface area contributed by atoms with Gasteiger partial charge in [0.05, 0.1) is 16.6 Å². The van der Waals surface area contributed by atoms with Crippen LogP contribution >= 0.6 is 15.9 Å². The molecule has 0 saturated carbocycles. The predicted molar refractivity (Wildman–Crippen MR) is 52.7 cm³/mol. The van der Waals surface area contributed by atoms with E-state index in [9.17, 15) is 9.50 Å². The summed E-state index contributed by atoms with van der Waals surface area (Å²) in [6, 6.07) is 3.99. The first kappa shape index (κ1) is 10.6. The molecule has 13 heavy (non-hydrogen) atoms. The first-order valence-electron chi connectivity index (χ1n) is 3.91. The minimum Gasteiger partial charge on any atom is -0.391 e. The van der Waals surface area contributed by atoms with Crippen molar-refractivity contribution < 1.29 is 9.50 Å². The molecule has 72 valence electrons. The Labute approximate surface area is 84.7 Å². The Balaban J connectivity index is 2.97. The Kier molecular flexibility index (Phi) is 3.41. The zero-order valence-electron chi connectivity index (χ0n) is 7.17. The highest BCUT2D eigenvalue weighted by Gasteiger charge is 2.12. The maximum atomic E-state index is 12.8. The summed E-state index contributed by atoms with van der Waals surface area (Å²) in [7, 11) is 0. The van der Waals surface area contributed by atoms with Crippen molar-refractivity contribution in [1.29, 1.82) is 0 Å². The smallest absolute Gasteiger partial charge is 0.137 e. The van der Waals surface area contributed by atoms with Crippen LogP contribution in [0.3, 0.4) is 0 Å². The van der Waals surface area contributed by atoms with Crippen LogP contribution in [0.5, 0.6) is 0 Å². The molecule has 0 heterocycles. The minimum absolute atomic E-state index is 0.332. The molecule has 0 aliphatic rings. The third-order valence-corrected chi connectivity index (χ3v) is 2.46. The van der Waals surface area contributed by atoms with Gasteiger partial charge in [-0.15, -0.1) is 0 Å². The number of benzene rings is 1. The van der Waals surface area contributed by atoms with Gasteiger partial charge in [0.15, 0.2) is 0 Å². The molecular weight excluding hydrogens is 237 g/mol. The van der Waals surface area contributed by atoms with Crippen molar-refractivity contribution in [3.63, 3.8) is 0 Å². The lowest BCUT2D eigenvalue weighted by Crippen LogP contribution is -2.23. The van der Waals surface area contributed by atoms with Crippen LogP contribution in [0.4, 0.5) is 4.39 Å². The summed E-state index contributed by atoms with van der Waals surface area (Å²) in [5.41, 5.74) is 6.37. The molecule has 0 aliphatic carbocycles. The molecule has 0 amide bonds. The Bertz CT molecular complexity index is 304. The van der Waals surface area contributed by atoms with Gasteiger partial charge in [0, 0.05) is 0 Å². The van der Waals surface area contributed by atoms with E-state index in [-0.39, 0.29) is 5.82 Å². The van der Waals surface area contributed by atoms with Crippen molar-refractivity contribution >= 4 is 15.9 Å². The number of hydrogen-bond donors (Lipinski definition) is 2. The van der Waals surface area contributed by atoms with Gasteiger partial charge in [-0.05, 0) is 40.5 Å². The highest BCUT2D eigenvalue weighted by molar-refractivity contribution is 9.10. The summed E-state index contributed by atoms with van der Waals surface area (Å²) in [5, 5.41) is 9.20. The van der Waals surface area contributed by atoms with E-state index in [0.717, 1.165) is 0 Å². The third kappa shape index (κ3) is 2.49. The molecule has 0 aromatic heterocycles. The van der Waals surface area contributed by atoms with E-state index >= 15 is 0 Å². The van der Waals surface area contributed by atoms with Crippen LogP contribution in [-0.4, -0.2) is 11.2 Å². The maximum absolute atomic E-state index is 12.8. The number of halogens is 2. The quantitative estimate of drug-likeness (QED) is 0.840. The van der Waals surface area contributed by atoms with Crippen molar-refractivity contribution in [2.75, 3.05) is 0 Å². The molecule has 1 aromatic carbocycles. The lowest BCUT2D eigenvalue weighted by atomic mass is 10.0. The number of aliphatic hydroxyl groups is 1. The molecule has 2 atom stereocenters. The molecule has 4 heteroatoms. The molecule has 0 unspecified atom stereocenters. The van der Waals surface area contributed by atoms with E-state index in [4.69, 9.17) is 5.73 Å². The molecule has 0 bridgehead atoms. The van der Waals surface area contributed by atoms with Crippen LogP contribution in [0.1, 0.15) is 18.5 Å². The van der Waals surface area contributed by atoms with Gasteiger partial charge in [0.2, 0.25) is 0 Å². The second-order valence-electron chi connectivity index (χ2n) is 2.94. The molecule has 0 spiro atoms. The number of nitrogens with two attached hydrogens (primary N) is 1. The van der Waals surface area contributed by atoms with Crippen LogP contribution in [0.25, 0.3) is 0 Å². The third-order valence-electron chi connectivity index (χ3n) is 1.85. The Hall–Kier alpha value is -0.450. The van der Waals surface area contributed by atoms with Gasteiger partial charge in [0.1, 0.15) is 5.82 Å². The van der Waals surface area contributed by atoms with Crippen molar-refractivity contribution in [1.82, 2.24) is 0 Å². The Morgan fingerprint density at radius 1 is 1.54 bits per heavy atom. The molecule has 0 fully saturated rings. The SMILES string of the molecule is C[C@@H](O)[C@@H](N)c1ccc(F)c(Br)c1. The first-order chi connectivity index (χ1) is 6.02. The summed E-state index contributed by atoms with van der Waals surface area (Å²) < 4.78 is 13.2. The van der Waals surface area contributed by atoms with Crippen molar-refractivity contribution in [3.8, 4) is 0 Å². The van der Waals surface area contributed by atoms with Gasteiger partial charge in [-0.25, -0.2) is 4.39 Å². The molecule has 2 nitrogen and oxygen atoms in total. The fraction of sp³-hybridized carbons (Fsp3) is 0.333. The average molecular weight is 248 g/mol. The fourth-order valence-electron chi connectivity index (χ4n) is 0.998. The maximum Gasteiger partial charge on any atom is 0.137 e. The standard InChI is InChI=1S/C9H11BrFNO/c1-5(13)9(12)6-2-3-8(11)7(10)4-6/h2-5,9,13H,12H2,1H3/t5-,9-/m1/s1. The molecule has 0 radical (unpaired) electrons. The zero-order valence-corrected chi connectivity index (χ0v) is 8.75. The summed E-state index contributed by atoms with van der Waals surface area (Å²) in [4.78, 5) is 0. The highest BCUT2D eigenvalue weighted by Crippen LogP contribution is 2.21. The van der Waals surface area contributed by atoms with Crippen molar-refractivity contribution in [3.05, 3.63) is 34.1 Å². The Morgan fingerprint density at radius 3 is 2.62 bits per heavy atom. The largest absolute Gasteiger partial charge is 0.391 e. The van der Waals surface area contributed by atoms with E-state index in [1.165, 1.54) is 6.07 Å². The average Bonchev–Trinajstić information content (AvgIpc) is 2.08. The molecule has 1 rings (SSSR count). The van der Waals surface area contributed by atoms with E-state index in [2.05, 4.69) is 15.9 Å². The van der Waals surface area contributed by atoms with E-state index in [0.29, 0.717) is 10.0 Å². The predicted octanol–water partition coefficient (Wildman–Crippen LogP) is 1.97. The van der Waals surface area contributed by atoms with Crippen LogP contribution in [0, 0.1) is 5.82 Å². The zero-order chi connectivity index (χ0) is 10.0. The van der Waals surface area contributed by atoms with Gasteiger partial charge in [-0.2, -0.15) is 0 Å². The van der Waals surface area contributed by atoms with Crippen LogP contribution in [0.15, 0.2) is 22.7 Å². The molecule has 3 N–H and O–H groups in total. The second kappa shape index (κ2) is 4.17. The van der Waals surface area contributed by atoms with Gasteiger partial charge in [-0.3, -0.25) is 0 Å². The summed E-state index contributed by atoms with van der Waals surface area (Å²) in [5.74, 6) is -0.332. The van der Waals surface area contributed by atoms with Gasteiger partial charge in [-0.1, -0.05) is 6.07 Å². The fourth-order valence-corrected chi connectivity index (χ4v) is 1.39. The highest BCUT2D eigenvalue weighted by atomic mass is 79.9. The van der Waals surface area contributed by atoms with Crippen LogP contribution < -0.4 is 5.73 Å².